The summed E-state index contributed by atoms with van der Waals surface area (Å²) in [5.74, 6) is 0.563. The van der Waals surface area contributed by atoms with Gasteiger partial charge in [0.1, 0.15) is 12.4 Å². The van der Waals surface area contributed by atoms with E-state index in [0.717, 1.165) is 30.9 Å². The minimum absolute atomic E-state index is 0.235. The molecular formula is C17H26N2O3. The summed E-state index contributed by atoms with van der Waals surface area (Å²) in [7, 11) is 3.57. The number of carbonyl (C=O) groups is 1. The van der Waals surface area contributed by atoms with E-state index in [-0.39, 0.29) is 12.4 Å². The zero-order valence-corrected chi connectivity index (χ0v) is 13.5. The van der Waals surface area contributed by atoms with Gasteiger partial charge in [0.2, 0.25) is 0 Å². The van der Waals surface area contributed by atoms with Crippen LogP contribution in [0.2, 0.25) is 0 Å². The van der Waals surface area contributed by atoms with Gasteiger partial charge >= 0.3 is 5.97 Å². The molecule has 1 aromatic rings. The molecule has 1 aliphatic rings. The van der Waals surface area contributed by atoms with Crippen LogP contribution in [0.25, 0.3) is 0 Å². The molecule has 5 heteroatoms. The maximum atomic E-state index is 11.3. The first kappa shape index (κ1) is 16.8. The van der Waals surface area contributed by atoms with Crippen LogP contribution >= 0.6 is 0 Å². The fourth-order valence-electron chi connectivity index (χ4n) is 2.63. The van der Waals surface area contributed by atoms with E-state index in [4.69, 9.17) is 4.74 Å². The fraction of sp³-hybridized carbons (Fsp3) is 0.588. The van der Waals surface area contributed by atoms with Crippen LogP contribution in [0.1, 0.15) is 18.4 Å². The molecule has 0 spiro atoms. The molecule has 0 aromatic heterocycles. The van der Waals surface area contributed by atoms with Crippen LogP contribution in [0.4, 0.5) is 0 Å². The average Bonchev–Trinajstić information content (AvgIpc) is 2.53. The molecule has 0 aliphatic carbocycles. The smallest absolute Gasteiger partial charge is 0.309 e. The van der Waals surface area contributed by atoms with Crippen LogP contribution in [0.15, 0.2) is 24.3 Å². The van der Waals surface area contributed by atoms with E-state index in [0.29, 0.717) is 12.6 Å². The lowest BCUT2D eigenvalue weighted by Crippen LogP contribution is -2.42. The van der Waals surface area contributed by atoms with Gasteiger partial charge in [0.25, 0.3) is 0 Å². The highest BCUT2D eigenvalue weighted by Crippen LogP contribution is 2.14. The van der Waals surface area contributed by atoms with Crippen molar-refractivity contribution in [3.63, 3.8) is 0 Å². The zero-order valence-electron chi connectivity index (χ0n) is 13.5. The summed E-state index contributed by atoms with van der Waals surface area (Å²) < 4.78 is 10.4. The summed E-state index contributed by atoms with van der Waals surface area (Å²) in [5, 5.41) is 3.54. The Balaban J connectivity index is 1.68. The van der Waals surface area contributed by atoms with Gasteiger partial charge in [0, 0.05) is 12.6 Å². The van der Waals surface area contributed by atoms with Crippen molar-refractivity contribution >= 4 is 5.97 Å². The Morgan fingerprint density at radius 3 is 2.86 bits per heavy atom. The fourth-order valence-corrected chi connectivity index (χ4v) is 2.63. The van der Waals surface area contributed by atoms with Gasteiger partial charge in [-0.05, 0) is 50.7 Å². The second kappa shape index (κ2) is 8.76. The SMILES string of the molecule is COC(=O)Cc1cccc(OCCNC2CCN(C)CC2)c1. The highest BCUT2D eigenvalue weighted by atomic mass is 16.5. The van der Waals surface area contributed by atoms with E-state index >= 15 is 0 Å². The van der Waals surface area contributed by atoms with Gasteiger partial charge in [0.05, 0.1) is 13.5 Å². The molecule has 2 rings (SSSR count). The van der Waals surface area contributed by atoms with Crippen LogP contribution < -0.4 is 10.1 Å². The normalized spacial score (nSPS) is 16.5. The van der Waals surface area contributed by atoms with Gasteiger partial charge in [-0.15, -0.1) is 0 Å². The standard InChI is InChI=1S/C17H26N2O3/c1-19-9-6-15(7-10-19)18-8-11-22-16-5-3-4-14(12-16)13-17(20)21-2/h3-5,12,15,18H,6-11,13H2,1-2H3. The number of nitrogens with one attached hydrogen (secondary N) is 1. The number of carbonyl (C=O) groups excluding carboxylic acids is 1. The molecule has 0 radical (unpaired) electrons. The Kier molecular flexibility index (Phi) is 6.68. The van der Waals surface area contributed by atoms with Crippen molar-refractivity contribution in [2.75, 3.05) is 40.4 Å². The first-order valence-corrected chi connectivity index (χ1v) is 7.88. The number of piperidine rings is 1. The van der Waals surface area contributed by atoms with E-state index in [9.17, 15) is 4.79 Å². The second-order valence-electron chi connectivity index (χ2n) is 5.78. The molecular weight excluding hydrogens is 280 g/mol. The largest absolute Gasteiger partial charge is 0.492 e. The number of likely N-dealkylation sites (tertiary alicyclic amines) is 1. The summed E-state index contributed by atoms with van der Waals surface area (Å²) in [4.78, 5) is 13.6. The Hall–Kier alpha value is -1.59. The Labute approximate surface area is 132 Å². The summed E-state index contributed by atoms with van der Waals surface area (Å²) in [6.45, 7) is 3.80. The van der Waals surface area contributed by atoms with Gasteiger partial charge < -0.3 is 19.7 Å². The van der Waals surface area contributed by atoms with Crippen LogP contribution in [0, 0.1) is 0 Å². The number of nitrogens with zero attached hydrogens (tertiary/aromatic N) is 1. The number of benzene rings is 1. The zero-order chi connectivity index (χ0) is 15.8. The third-order valence-corrected chi connectivity index (χ3v) is 4.00. The summed E-state index contributed by atoms with van der Waals surface area (Å²) >= 11 is 0. The molecule has 1 aliphatic heterocycles. The molecule has 1 N–H and O–H groups in total. The second-order valence-corrected chi connectivity index (χ2v) is 5.78. The lowest BCUT2D eigenvalue weighted by atomic mass is 10.1. The molecule has 0 saturated carbocycles. The maximum absolute atomic E-state index is 11.3. The molecule has 122 valence electrons. The van der Waals surface area contributed by atoms with Gasteiger partial charge in [-0.25, -0.2) is 0 Å². The number of hydrogen-bond donors (Lipinski definition) is 1. The van der Waals surface area contributed by atoms with Crippen molar-refractivity contribution in [1.82, 2.24) is 10.2 Å². The monoisotopic (exact) mass is 306 g/mol. The van der Waals surface area contributed by atoms with Gasteiger partial charge in [-0.3, -0.25) is 4.79 Å². The van der Waals surface area contributed by atoms with Crippen molar-refractivity contribution < 1.29 is 14.3 Å². The molecule has 5 nitrogen and oxygen atoms in total. The van der Waals surface area contributed by atoms with E-state index in [2.05, 4.69) is 22.0 Å². The third-order valence-electron chi connectivity index (χ3n) is 4.00. The van der Waals surface area contributed by atoms with E-state index < -0.39 is 0 Å². The number of hydrogen-bond acceptors (Lipinski definition) is 5. The van der Waals surface area contributed by atoms with Crippen molar-refractivity contribution in [3.05, 3.63) is 29.8 Å². The first-order chi connectivity index (χ1) is 10.7. The van der Waals surface area contributed by atoms with E-state index in [1.165, 1.54) is 20.0 Å². The number of ether oxygens (including phenoxy) is 2. The Bertz CT molecular complexity index is 471. The lowest BCUT2D eigenvalue weighted by molar-refractivity contribution is -0.139. The molecule has 1 heterocycles. The highest BCUT2D eigenvalue weighted by Gasteiger charge is 2.15. The van der Waals surface area contributed by atoms with Crippen LogP contribution in [0.5, 0.6) is 5.75 Å². The topological polar surface area (TPSA) is 50.8 Å². The van der Waals surface area contributed by atoms with Crippen LogP contribution in [0.3, 0.4) is 0 Å². The molecule has 0 unspecified atom stereocenters. The average molecular weight is 306 g/mol. The molecule has 1 fully saturated rings. The first-order valence-electron chi connectivity index (χ1n) is 7.88. The number of esters is 1. The number of methoxy groups -OCH3 is 1. The van der Waals surface area contributed by atoms with Crippen molar-refractivity contribution in [2.24, 2.45) is 0 Å². The predicted molar refractivity (Wildman–Crippen MR) is 86.2 cm³/mol. The van der Waals surface area contributed by atoms with Crippen molar-refractivity contribution in [3.8, 4) is 5.75 Å². The minimum Gasteiger partial charge on any atom is -0.492 e. The van der Waals surface area contributed by atoms with E-state index in [1.54, 1.807) is 0 Å². The molecule has 0 amide bonds. The van der Waals surface area contributed by atoms with Crippen molar-refractivity contribution in [2.45, 2.75) is 25.3 Å². The van der Waals surface area contributed by atoms with E-state index in [1.807, 2.05) is 24.3 Å². The number of rotatable bonds is 7. The Morgan fingerprint density at radius 2 is 2.14 bits per heavy atom. The molecule has 22 heavy (non-hydrogen) atoms. The highest BCUT2D eigenvalue weighted by molar-refractivity contribution is 5.72. The van der Waals surface area contributed by atoms with Crippen molar-refractivity contribution in [1.29, 1.82) is 0 Å². The summed E-state index contributed by atoms with van der Waals surface area (Å²) in [6.07, 6.45) is 2.68. The van der Waals surface area contributed by atoms with Crippen LogP contribution in [-0.2, 0) is 16.0 Å². The third kappa shape index (κ3) is 5.66. The Morgan fingerprint density at radius 1 is 1.36 bits per heavy atom. The molecule has 1 saturated heterocycles. The quantitative estimate of drug-likeness (QED) is 0.610. The van der Waals surface area contributed by atoms with Gasteiger partial charge in [-0.2, -0.15) is 0 Å². The summed E-state index contributed by atoms with van der Waals surface area (Å²) in [6, 6.07) is 8.21. The van der Waals surface area contributed by atoms with Gasteiger partial charge in [-0.1, -0.05) is 12.1 Å². The summed E-state index contributed by atoms with van der Waals surface area (Å²) in [5.41, 5.74) is 0.910. The lowest BCUT2D eigenvalue weighted by Gasteiger charge is -2.29. The van der Waals surface area contributed by atoms with Crippen LogP contribution in [-0.4, -0.2) is 57.3 Å². The minimum atomic E-state index is -0.235. The molecule has 0 bridgehead atoms. The molecule has 0 atom stereocenters. The maximum Gasteiger partial charge on any atom is 0.309 e. The molecule has 1 aromatic carbocycles. The van der Waals surface area contributed by atoms with Gasteiger partial charge in [0.15, 0.2) is 0 Å². The predicted octanol–water partition coefficient (Wildman–Crippen LogP) is 1.46.